The number of fused-ring (bicyclic) bond motifs is 1. The highest BCUT2D eigenvalue weighted by Crippen LogP contribution is 2.19. The first kappa shape index (κ1) is 20.8. The van der Waals surface area contributed by atoms with Crippen LogP contribution in [-0.4, -0.2) is 39.6 Å². The molecular formula is C17H22N8O5. The molecule has 0 bridgehead atoms. The van der Waals surface area contributed by atoms with Crippen molar-refractivity contribution < 1.29 is 5.11 Å². The smallest absolute Gasteiger partial charge is 0.332 e. The third kappa shape index (κ3) is 3.13. The molecule has 3 N–H and O–H groups in total. The van der Waals surface area contributed by atoms with Crippen LogP contribution in [0.1, 0.15) is 26.3 Å². The van der Waals surface area contributed by atoms with Crippen LogP contribution in [0, 0.1) is 0 Å². The summed E-state index contributed by atoms with van der Waals surface area (Å²) in [6.07, 6.45) is 1.03. The number of aryl methyl sites for hydroxylation is 2. The molecule has 3 aromatic heterocycles. The molecule has 0 amide bonds. The number of nitrogens with zero attached hydrogens (tertiary/aromatic N) is 6. The maximum absolute atomic E-state index is 12.4. The predicted molar refractivity (Wildman–Crippen MR) is 110 cm³/mol. The van der Waals surface area contributed by atoms with Crippen molar-refractivity contribution >= 4 is 23.3 Å². The Balaban J connectivity index is 2.07. The first-order chi connectivity index (χ1) is 13.9. The van der Waals surface area contributed by atoms with Gasteiger partial charge in [0.2, 0.25) is 11.8 Å². The Hall–Kier alpha value is -3.90. The fourth-order valence-corrected chi connectivity index (χ4v) is 3.05. The Morgan fingerprint density at radius 1 is 1.07 bits per heavy atom. The van der Waals surface area contributed by atoms with Crippen molar-refractivity contribution in [1.29, 1.82) is 0 Å². The van der Waals surface area contributed by atoms with E-state index >= 15 is 0 Å². The number of rotatable bonds is 3. The van der Waals surface area contributed by atoms with E-state index in [1.165, 1.54) is 23.2 Å². The maximum Gasteiger partial charge on any atom is 0.332 e. The van der Waals surface area contributed by atoms with Crippen LogP contribution in [0.25, 0.3) is 11.2 Å². The molecule has 0 fully saturated rings. The minimum atomic E-state index is -0.815. The van der Waals surface area contributed by atoms with E-state index in [0.717, 1.165) is 15.3 Å². The van der Waals surface area contributed by atoms with Crippen LogP contribution in [0.2, 0.25) is 0 Å². The molecule has 3 rings (SSSR count). The molecule has 0 atom stereocenters. The Morgan fingerprint density at radius 3 is 2.30 bits per heavy atom. The quantitative estimate of drug-likeness (QED) is 0.353. The van der Waals surface area contributed by atoms with Crippen LogP contribution in [0.3, 0.4) is 0 Å². The normalized spacial score (nSPS) is 12.2. The van der Waals surface area contributed by atoms with Crippen molar-refractivity contribution in [2.24, 2.45) is 26.2 Å². The molecule has 30 heavy (non-hydrogen) atoms. The number of hydrogen-bond donors (Lipinski definition) is 3. The lowest BCUT2D eigenvalue weighted by atomic mass is 10.1. The highest BCUT2D eigenvalue weighted by Gasteiger charge is 2.22. The molecular weight excluding hydrogens is 396 g/mol. The standard InChI is InChI=1S/C17H22N8O5/c1-17(2,3)25-12(27)8(11(26)20-15(25)29)7-18-21-14-19-10-9(22(14)4)13(28)24(6)16(30)23(10)5/h7,27H,1-6H3,(H,19,21)(H,20,26,29)/b18-7+. The van der Waals surface area contributed by atoms with Crippen molar-refractivity contribution in [1.82, 2.24) is 28.2 Å². The number of aromatic amines is 1. The lowest BCUT2D eigenvalue weighted by molar-refractivity contribution is 0.305. The van der Waals surface area contributed by atoms with E-state index in [1.807, 2.05) is 0 Å². The van der Waals surface area contributed by atoms with Gasteiger partial charge in [-0.15, -0.1) is 0 Å². The topological polar surface area (TPSA) is 161 Å². The number of nitrogens with one attached hydrogen (secondary N) is 2. The summed E-state index contributed by atoms with van der Waals surface area (Å²) in [5, 5.41) is 14.3. The van der Waals surface area contributed by atoms with Gasteiger partial charge in [-0.1, -0.05) is 0 Å². The van der Waals surface area contributed by atoms with Gasteiger partial charge in [-0.2, -0.15) is 10.1 Å². The highest BCUT2D eigenvalue weighted by molar-refractivity contribution is 5.82. The van der Waals surface area contributed by atoms with Crippen molar-refractivity contribution in [3.63, 3.8) is 0 Å². The summed E-state index contributed by atoms with van der Waals surface area (Å²) in [6, 6.07) is 0. The van der Waals surface area contributed by atoms with Crippen LogP contribution >= 0.6 is 0 Å². The van der Waals surface area contributed by atoms with Gasteiger partial charge in [-0.25, -0.2) is 15.0 Å². The molecule has 0 aliphatic rings. The zero-order valence-corrected chi connectivity index (χ0v) is 17.3. The lowest BCUT2D eigenvalue weighted by Gasteiger charge is -2.23. The van der Waals surface area contributed by atoms with Crippen molar-refractivity contribution in [3.05, 3.63) is 47.2 Å². The third-order valence-corrected chi connectivity index (χ3v) is 4.63. The highest BCUT2D eigenvalue weighted by atomic mass is 16.3. The summed E-state index contributed by atoms with van der Waals surface area (Å²) in [5.74, 6) is -0.414. The number of anilines is 1. The second kappa shape index (κ2) is 6.86. The monoisotopic (exact) mass is 418 g/mol. The molecule has 0 aliphatic heterocycles. The van der Waals surface area contributed by atoms with Crippen LogP contribution in [0.4, 0.5) is 5.95 Å². The van der Waals surface area contributed by atoms with E-state index in [2.05, 4.69) is 20.5 Å². The van der Waals surface area contributed by atoms with Gasteiger partial charge in [-0.3, -0.25) is 28.3 Å². The Morgan fingerprint density at radius 2 is 1.70 bits per heavy atom. The van der Waals surface area contributed by atoms with Gasteiger partial charge >= 0.3 is 11.4 Å². The lowest BCUT2D eigenvalue weighted by Crippen LogP contribution is -2.40. The molecule has 0 aromatic carbocycles. The van der Waals surface area contributed by atoms with E-state index in [0.29, 0.717) is 0 Å². The summed E-state index contributed by atoms with van der Waals surface area (Å²) in [6.45, 7) is 5.07. The van der Waals surface area contributed by atoms with Gasteiger partial charge in [-0.05, 0) is 20.8 Å². The van der Waals surface area contributed by atoms with Gasteiger partial charge in [0.15, 0.2) is 11.2 Å². The fourth-order valence-electron chi connectivity index (χ4n) is 3.05. The van der Waals surface area contributed by atoms with Crippen LogP contribution in [0.5, 0.6) is 5.88 Å². The van der Waals surface area contributed by atoms with E-state index in [1.54, 1.807) is 27.8 Å². The van der Waals surface area contributed by atoms with E-state index in [-0.39, 0.29) is 22.7 Å². The van der Waals surface area contributed by atoms with Gasteiger partial charge in [0.25, 0.3) is 11.1 Å². The SMILES string of the molecule is Cn1c(=O)c2c(nc(N/N=C/c3c(O)n(C(C)(C)C)c(=O)[nH]c3=O)n2C)n(C)c1=O. The summed E-state index contributed by atoms with van der Waals surface area (Å²) in [7, 11) is 4.40. The number of aromatic nitrogens is 6. The molecule has 0 saturated carbocycles. The molecule has 0 spiro atoms. The first-order valence-corrected chi connectivity index (χ1v) is 8.86. The first-order valence-electron chi connectivity index (χ1n) is 8.86. The number of H-pyrrole nitrogens is 1. The largest absolute Gasteiger partial charge is 0.494 e. The third-order valence-electron chi connectivity index (χ3n) is 4.63. The minimum absolute atomic E-state index is 0.125. The number of hydrazone groups is 1. The maximum atomic E-state index is 12.4. The summed E-state index contributed by atoms with van der Waals surface area (Å²) >= 11 is 0. The summed E-state index contributed by atoms with van der Waals surface area (Å²) in [4.78, 5) is 54.9. The average Bonchev–Trinajstić information content (AvgIpc) is 2.96. The summed E-state index contributed by atoms with van der Waals surface area (Å²) < 4.78 is 4.63. The second-order valence-corrected chi connectivity index (χ2v) is 7.75. The van der Waals surface area contributed by atoms with Crippen molar-refractivity contribution in [3.8, 4) is 5.88 Å². The predicted octanol–water partition coefficient (Wildman–Crippen LogP) is -1.27. The Labute approximate surface area is 168 Å². The molecule has 0 unspecified atom stereocenters. The molecule has 0 saturated heterocycles. The van der Waals surface area contributed by atoms with Crippen LogP contribution in [-0.2, 0) is 26.7 Å². The summed E-state index contributed by atoms with van der Waals surface area (Å²) in [5.41, 5.74) is -0.721. The molecule has 0 aliphatic carbocycles. The Kier molecular flexibility index (Phi) is 4.76. The Bertz CT molecular complexity index is 1420. The van der Waals surface area contributed by atoms with Gasteiger partial charge in [0, 0.05) is 26.7 Å². The molecule has 0 radical (unpaired) electrons. The fraction of sp³-hybridized carbons (Fsp3) is 0.412. The average molecular weight is 418 g/mol. The van der Waals surface area contributed by atoms with Gasteiger partial charge in [0.05, 0.1) is 6.21 Å². The van der Waals surface area contributed by atoms with Crippen LogP contribution in [0.15, 0.2) is 24.3 Å². The minimum Gasteiger partial charge on any atom is -0.494 e. The molecule has 13 nitrogen and oxygen atoms in total. The molecule has 160 valence electrons. The van der Waals surface area contributed by atoms with E-state index in [4.69, 9.17) is 0 Å². The number of hydrogen-bond acceptors (Lipinski definition) is 8. The zero-order valence-electron chi connectivity index (χ0n) is 17.3. The molecule has 3 heterocycles. The zero-order chi connectivity index (χ0) is 22.5. The van der Waals surface area contributed by atoms with E-state index in [9.17, 15) is 24.3 Å². The molecule has 13 heteroatoms. The molecule has 3 aromatic rings. The van der Waals surface area contributed by atoms with Gasteiger partial charge < -0.3 is 9.67 Å². The van der Waals surface area contributed by atoms with Crippen molar-refractivity contribution in [2.45, 2.75) is 26.3 Å². The van der Waals surface area contributed by atoms with Crippen molar-refractivity contribution in [2.75, 3.05) is 5.43 Å². The van der Waals surface area contributed by atoms with Crippen LogP contribution < -0.4 is 27.9 Å². The second-order valence-electron chi connectivity index (χ2n) is 7.75. The van der Waals surface area contributed by atoms with Gasteiger partial charge in [0.1, 0.15) is 5.56 Å². The number of aromatic hydroxyl groups is 1. The number of imidazole rings is 1. The van der Waals surface area contributed by atoms with E-state index < -0.39 is 33.9 Å².